The molecule has 6 heteroatoms. The number of benzene rings is 1. The molecule has 1 atom stereocenters. The summed E-state index contributed by atoms with van der Waals surface area (Å²) in [6.45, 7) is 3.29. The monoisotopic (exact) mass is 260 g/mol. The van der Waals surface area contributed by atoms with Crippen molar-refractivity contribution >= 4 is 23.3 Å². The minimum atomic E-state index is -0.176. The van der Waals surface area contributed by atoms with Crippen LogP contribution in [0.5, 0.6) is 0 Å². The van der Waals surface area contributed by atoms with Gasteiger partial charge in [-0.3, -0.25) is 4.79 Å². The number of amides is 1. The van der Waals surface area contributed by atoms with Crippen LogP contribution < -0.4 is 16.4 Å². The fourth-order valence-corrected chi connectivity index (χ4v) is 1.55. The third-order valence-corrected chi connectivity index (χ3v) is 2.42. The van der Waals surface area contributed by atoms with E-state index in [0.29, 0.717) is 17.4 Å². The average molecular weight is 260 g/mol. The summed E-state index contributed by atoms with van der Waals surface area (Å²) in [7, 11) is 0. The Morgan fingerprint density at radius 2 is 2.16 bits per heavy atom. The van der Waals surface area contributed by atoms with Crippen LogP contribution in [0.4, 0.5) is 17.4 Å². The molecule has 1 unspecified atom stereocenters. The molecule has 1 aromatic heterocycles. The van der Waals surface area contributed by atoms with Crippen LogP contribution in [0.2, 0.25) is 0 Å². The number of nitrogens with zero attached hydrogens (tertiary/aromatic N) is 1. The number of nitrogens with two attached hydrogens (primary N) is 1. The van der Waals surface area contributed by atoms with Crippen molar-refractivity contribution in [1.29, 1.82) is 0 Å². The standard InChI is InChI=1S/C13H16N4O2/c1-8(14)12-7-19-13(17-12)16-11-5-3-4-10(6-11)15-9(2)18/h3-8H,14H2,1-2H3,(H,15,18)(H,16,17). The van der Waals surface area contributed by atoms with Crippen LogP contribution in [-0.4, -0.2) is 10.9 Å². The second kappa shape index (κ2) is 5.53. The van der Waals surface area contributed by atoms with E-state index in [4.69, 9.17) is 10.2 Å². The summed E-state index contributed by atoms with van der Waals surface area (Å²) in [4.78, 5) is 15.2. The van der Waals surface area contributed by atoms with E-state index in [0.717, 1.165) is 5.69 Å². The topological polar surface area (TPSA) is 93.2 Å². The van der Waals surface area contributed by atoms with Gasteiger partial charge in [0.1, 0.15) is 6.26 Å². The maximum atomic E-state index is 11.0. The molecule has 1 heterocycles. The first-order valence-corrected chi connectivity index (χ1v) is 5.90. The van der Waals surface area contributed by atoms with E-state index < -0.39 is 0 Å². The molecule has 0 saturated carbocycles. The molecule has 100 valence electrons. The molecule has 0 fully saturated rings. The largest absolute Gasteiger partial charge is 0.432 e. The lowest BCUT2D eigenvalue weighted by atomic mass is 10.3. The van der Waals surface area contributed by atoms with Gasteiger partial charge in [-0.15, -0.1) is 0 Å². The van der Waals surface area contributed by atoms with Gasteiger partial charge >= 0.3 is 0 Å². The molecule has 0 aliphatic carbocycles. The van der Waals surface area contributed by atoms with E-state index in [1.54, 1.807) is 12.1 Å². The lowest BCUT2D eigenvalue weighted by Crippen LogP contribution is -2.06. The zero-order valence-electron chi connectivity index (χ0n) is 10.8. The summed E-state index contributed by atoms with van der Waals surface area (Å²) < 4.78 is 5.26. The van der Waals surface area contributed by atoms with E-state index >= 15 is 0 Å². The van der Waals surface area contributed by atoms with E-state index in [1.165, 1.54) is 13.2 Å². The lowest BCUT2D eigenvalue weighted by Gasteiger charge is -2.05. The Morgan fingerprint density at radius 1 is 1.42 bits per heavy atom. The number of carbonyl (C=O) groups is 1. The molecule has 6 nitrogen and oxygen atoms in total. The normalized spacial score (nSPS) is 11.9. The SMILES string of the molecule is CC(=O)Nc1cccc(Nc2nc(C(C)N)co2)c1. The van der Waals surface area contributed by atoms with Crippen LogP contribution in [0.3, 0.4) is 0 Å². The van der Waals surface area contributed by atoms with Crippen molar-refractivity contribution in [2.24, 2.45) is 5.73 Å². The van der Waals surface area contributed by atoms with Gasteiger partial charge < -0.3 is 20.8 Å². The summed E-state index contributed by atoms with van der Waals surface area (Å²) in [6, 6.07) is 7.45. The van der Waals surface area contributed by atoms with Gasteiger partial charge in [0.2, 0.25) is 5.91 Å². The number of aromatic nitrogens is 1. The molecule has 0 spiro atoms. The first-order valence-electron chi connectivity index (χ1n) is 5.90. The first-order chi connectivity index (χ1) is 9.04. The van der Waals surface area contributed by atoms with E-state index in [2.05, 4.69) is 15.6 Å². The van der Waals surface area contributed by atoms with Gasteiger partial charge in [-0.25, -0.2) is 0 Å². The minimum Gasteiger partial charge on any atom is -0.432 e. The van der Waals surface area contributed by atoms with Gasteiger partial charge in [0.05, 0.1) is 5.69 Å². The second-order valence-corrected chi connectivity index (χ2v) is 4.25. The third-order valence-electron chi connectivity index (χ3n) is 2.42. The van der Waals surface area contributed by atoms with E-state index in [9.17, 15) is 4.79 Å². The highest BCUT2D eigenvalue weighted by Gasteiger charge is 2.07. The summed E-state index contributed by atoms with van der Waals surface area (Å²) >= 11 is 0. The summed E-state index contributed by atoms with van der Waals surface area (Å²) in [6.07, 6.45) is 1.52. The van der Waals surface area contributed by atoms with E-state index in [1.807, 2.05) is 19.1 Å². The summed E-state index contributed by atoms with van der Waals surface area (Å²) in [5.74, 6) is -0.118. The molecular weight excluding hydrogens is 244 g/mol. The molecule has 0 bridgehead atoms. The van der Waals surface area contributed by atoms with Crippen molar-refractivity contribution in [1.82, 2.24) is 4.98 Å². The Labute approximate surface area is 111 Å². The number of rotatable bonds is 4. The molecule has 4 N–H and O–H groups in total. The molecule has 0 aliphatic heterocycles. The number of anilines is 3. The van der Waals surface area contributed by atoms with Gasteiger partial charge in [0.25, 0.3) is 6.01 Å². The Bertz CT molecular complexity index is 578. The smallest absolute Gasteiger partial charge is 0.299 e. The molecule has 1 amide bonds. The molecule has 2 aromatic rings. The van der Waals surface area contributed by atoms with Crippen LogP contribution >= 0.6 is 0 Å². The number of nitrogens with one attached hydrogen (secondary N) is 2. The maximum absolute atomic E-state index is 11.0. The van der Waals surface area contributed by atoms with Crippen molar-refractivity contribution in [2.75, 3.05) is 10.6 Å². The van der Waals surface area contributed by atoms with E-state index in [-0.39, 0.29) is 11.9 Å². The summed E-state index contributed by atoms with van der Waals surface area (Å²) in [5, 5.41) is 5.71. The van der Waals surface area contributed by atoms with Crippen LogP contribution in [0.25, 0.3) is 0 Å². The lowest BCUT2D eigenvalue weighted by molar-refractivity contribution is -0.114. The Balaban J connectivity index is 2.11. The molecule has 0 saturated heterocycles. The average Bonchev–Trinajstić information content (AvgIpc) is 2.77. The molecule has 0 radical (unpaired) electrons. The number of oxazole rings is 1. The highest BCUT2D eigenvalue weighted by atomic mass is 16.4. The highest BCUT2D eigenvalue weighted by molar-refractivity contribution is 5.89. The summed E-state index contributed by atoms with van der Waals surface area (Å²) in [5.41, 5.74) is 7.86. The van der Waals surface area contributed by atoms with Gasteiger partial charge in [-0.1, -0.05) is 6.07 Å². The van der Waals surface area contributed by atoms with Crippen LogP contribution in [0.15, 0.2) is 34.9 Å². The first kappa shape index (κ1) is 13.1. The number of carbonyl (C=O) groups excluding carboxylic acids is 1. The van der Waals surface area contributed by atoms with Gasteiger partial charge in [-0.05, 0) is 25.1 Å². The molecule has 19 heavy (non-hydrogen) atoms. The Morgan fingerprint density at radius 3 is 2.79 bits per heavy atom. The van der Waals surface area contributed by atoms with Gasteiger partial charge in [0, 0.05) is 24.3 Å². The third kappa shape index (κ3) is 3.56. The van der Waals surface area contributed by atoms with Crippen molar-refractivity contribution in [2.45, 2.75) is 19.9 Å². The predicted octanol–water partition coefficient (Wildman–Crippen LogP) is 2.40. The van der Waals surface area contributed by atoms with Crippen molar-refractivity contribution in [3.8, 4) is 0 Å². The van der Waals surface area contributed by atoms with Crippen molar-refractivity contribution in [3.05, 3.63) is 36.2 Å². The quantitative estimate of drug-likeness (QED) is 0.784. The molecular formula is C13H16N4O2. The minimum absolute atomic E-state index is 0.118. The molecule has 2 rings (SSSR count). The number of hydrogen-bond donors (Lipinski definition) is 3. The predicted molar refractivity (Wildman–Crippen MR) is 73.1 cm³/mol. The van der Waals surface area contributed by atoms with Crippen LogP contribution in [-0.2, 0) is 4.79 Å². The fraction of sp³-hybridized carbons (Fsp3) is 0.231. The van der Waals surface area contributed by atoms with Crippen LogP contribution in [0, 0.1) is 0 Å². The Hall–Kier alpha value is -2.34. The molecule has 1 aromatic carbocycles. The van der Waals surface area contributed by atoms with Crippen molar-refractivity contribution < 1.29 is 9.21 Å². The highest BCUT2D eigenvalue weighted by Crippen LogP contribution is 2.21. The Kier molecular flexibility index (Phi) is 3.82. The zero-order valence-corrected chi connectivity index (χ0v) is 10.8. The van der Waals surface area contributed by atoms with Crippen LogP contribution in [0.1, 0.15) is 25.6 Å². The second-order valence-electron chi connectivity index (χ2n) is 4.25. The fourth-order valence-electron chi connectivity index (χ4n) is 1.55. The number of hydrogen-bond acceptors (Lipinski definition) is 5. The maximum Gasteiger partial charge on any atom is 0.299 e. The molecule has 0 aliphatic rings. The van der Waals surface area contributed by atoms with Crippen molar-refractivity contribution in [3.63, 3.8) is 0 Å². The zero-order chi connectivity index (χ0) is 13.8. The van der Waals surface area contributed by atoms with Gasteiger partial charge in [0.15, 0.2) is 0 Å². The van der Waals surface area contributed by atoms with Gasteiger partial charge in [-0.2, -0.15) is 4.98 Å².